The van der Waals surface area contributed by atoms with Gasteiger partial charge in [-0.2, -0.15) is 5.26 Å². The highest BCUT2D eigenvalue weighted by atomic mass is 32.2. The van der Waals surface area contributed by atoms with Crippen molar-refractivity contribution >= 4 is 11.8 Å². The van der Waals surface area contributed by atoms with Gasteiger partial charge in [0.1, 0.15) is 5.40 Å². The van der Waals surface area contributed by atoms with Gasteiger partial charge < -0.3 is 0 Å². The zero-order chi connectivity index (χ0) is 8.53. The van der Waals surface area contributed by atoms with Crippen molar-refractivity contribution in [2.45, 2.75) is 39.5 Å². The molecule has 0 aromatic carbocycles. The number of thioether (sulfide) groups is 1. The number of hydrogen-bond donors (Lipinski definition) is 0. The third-order valence-electron chi connectivity index (χ3n) is 1.78. The summed E-state index contributed by atoms with van der Waals surface area (Å²) < 4.78 is 0. The molecule has 0 fully saturated rings. The van der Waals surface area contributed by atoms with E-state index in [2.05, 4.69) is 19.2 Å². The summed E-state index contributed by atoms with van der Waals surface area (Å²) in [6, 6.07) is 0. The van der Waals surface area contributed by atoms with Crippen LogP contribution in [0.1, 0.15) is 39.5 Å². The van der Waals surface area contributed by atoms with Crippen LogP contribution in [0.3, 0.4) is 0 Å². The first-order valence-electron chi connectivity index (χ1n) is 4.36. The molecule has 64 valence electrons. The van der Waals surface area contributed by atoms with Crippen molar-refractivity contribution in [3.05, 3.63) is 0 Å². The van der Waals surface area contributed by atoms with E-state index >= 15 is 0 Å². The van der Waals surface area contributed by atoms with E-state index in [0.29, 0.717) is 0 Å². The molecule has 0 aromatic rings. The van der Waals surface area contributed by atoms with E-state index in [1.54, 1.807) is 0 Å². The van der Waals surface area contributed by atoms with Crippen LogP contribution in [0.4, 0.5) is 0 Å². The summed E-state index contributed by atoms with van der Waals surface area (Å²) in [5.41, 5.74) is 0. The van der Waals surface area contributed by atoms with Gasteiger partial charge in [0.15, 0.2) is 0 Å². The molecule has 0 heterocycles. The zero-order valence-corrected chi connectivity index (χ0v) is 8.28. The van der Waals surface area contributed by atoms with Gasteiger partial charge in [0.05, 0.1) is 0 Å². The highest BCUT2D eigenvalue weighted by Crippen LogP contribution is 2.18. The first-order valence-corrected chi connectivity index (χ1v) is 5.34. The molecule has 1 nitrogen and oxygen atoms in total. The zero-order valence-electron chi connectivity index (χ0n) is 7.47. The quantitative estimate of drug-likeness (QED) is 0.572. The Labute approximate surface area is 74.2 Å². The number of nitrogens with zero attached hydrogens (tertiary/aromatic N) is 1. The lowest BCUT2D eigenvalue weighted by molar-refractivity contribution is 0.489. The molecule has 0 rings (SSSR count). The summed E-state index contributed by atoms with van der Waals surface area (Å²) in [6.07, 6.45) is 5.05. The fourth-order valence-corrected chi connectivity index (χ4v) is 1.93. The molecule has 0 N–H and O–H groups in total. The Morgan fingerprint density at radius 2 is 1.82 bits per heavy atom. The molecule has 0 aromatic heterocycles. The van der Waals surface area contributed by atoms with Crippen molar-refractivity contribution in [2.75, 3.05) is 5.75 Å². The molecule has 0 aliphatic rings. The fraction of sp³-hybridized carbons (Fsp3) is 0.889. The second-order valence-electron chi connectivity index (χ2n) is 2.85. The fourth-order valence-electron chi connectivity index (χ4n) is 1.28. The highest BCUT2D eigenvalue weighted by molar-refractivity contribution is 8.03. The van der Waals surface area contributed by atoms with Gasteiger partial charge in [-0.05, 0) is 30.5 Å². The van der Waals surface area contributed by atoms with Gasteiger partial charge in [0.2, 0.25) is 0 Å². The van der Waals surface area contributed by atoms with Crippen LogP contribution >= 0.6 is 11.8 Å². The lowest BCUT2D eigenvalue weighted by atomic mass is 10.0. The summed E-state index contributed by atoms with van der Waals surface area (Å²) in [4.78, 5) is 0. The predicted octanol–water partition coefficient (Wildman–Crippen LogP) is 3.42. The van der Waals surface area contributed by atoms with Gasteiger partial charge in [0, 0.05) is 5.75 Å². The second kappa shape index (κ2) is 7.94. The molecule has 2 heteroatoms. The molecule has 0 atom stereocenters. The smallest absolute Gasteiger partial charge is 0.133 e. The normalized spacial score (nSPS) is 10.0. The summed E-state index contributed by atoms with van der Waals surface area (Å²) in [5.74, 6) is 1.80. The van der Waals surface area contributed by atoms with Crippen LogP contribution < -0.4 is 0 Å². The van der Waals surface area contributed by atoms with E-state index in [4.69, 9.17) is 5.26 Å². The van der Waals surface area contributed by atoms with Crippen LogP contribution in [-0.2, 0) is 0 Å². The van der Waals surface area contributed by atoms with Crippen molar-refractivity contribution in [1.29, 1.82) is 5.26 Å². The molecule has 0 unspecified atom stereocenters. The molecule has 0 bridgehead atoms. The third kappa shape index (κ3) is 6.25. The summed E-state index contributed by atoms with van der Waals surface area (Å²) >= 11 is 1.40. The molecule has 0 aliphatic carbocycles. The van der Waals surface area contributed by atoms with E-state index in [-0.39, 0.29) is 0 Å². The van der Waals surface area contributed by atoms with Gasteiger partial charge in [0.25, 0.3) is 0 Å². The highest BCUT2D eigenvalue weighted by Gasteiger charge is 2.05. The van der Waals surface area contributed by atoms with Crippen LogP contribution in [0.2, 0.25) is 0 Å². The second-order valence-corrected chi connectivity index (χ2v) is 3.65. The predicted molar refractivity (Wildman–Crippen MR) is 51.4 cm³/mol. The van der Waals surface area contributed by atoms with E-state index < -0.39 is 0 Å². The molecule has 11 heavy (non-hydrogen) atoms. The van der Waals surface area contributed by atoms with E-state index in [1.807, 2.05) is 0 Å². The van der Waals surface area contributed by atoms with Crippen LogP contribution in [0.15, 0.2) is 0 Å². The Morgan fingerprint density at radius 1 is 1.27 bits per heavy atom. The van der Waals surface area contributed by atoms with Gasteiger partial charge >= 0.3 is 0 Å². The first-order chi connectivity index (χ1) is 5.35. The Kier molecular flexibility index (Phi) is 7.83. The van der Waals surface area contributed by atoms with Gasteiger partial charge in [-0.3, -0.25) is 0 Å². The minimum absolute atomic E-state index is 0.773. The molecule has 0 aliphatic heterocycles. The summed E-state index contributed by atoms with van der Waals surface area (Å²) in [7, 11) is 0. The van der Waals surface area contributed by atoms with Crippen molar-refractivity contribution in [3.63, 3.8) is 0 Å². The molecule has 0 spiro atoms. The Hall–Kier alpha value is -0.160. The van der Waals surface area contributed by atoms with Crippen LogP contribution in [0.25, 0.3) is 0 Å². The Balaban J connectivity index is 3.44. The Bertz CT molecular complexity index is 111. The van der Waals surface area contributed by atoms with Crippen LogP contribution in [0.5, 0.6) is 0 Å². The van der Waals surface area contributed by atoms with E-state index in [0.717, 1.165) is 11.7 Å². The molecule has 0 radical (unpaired) electrons. The number of hydrogen-bond acceptors (Lipinski definition) is 2. The summed E-state index contributed by atoms with van der Waals surface area (Å²) in [5, 5.41) is 10.5. The first kappa shape index (κ1) is 10.8. The summed E-state index contributed by atoms with van der Waals surface area (Å²) in [6.45, 7) is 4.42. The van der Waals surface area contributed by atoms with Crippen molar-refractivity contribution in [3.8, 4) is 5.40 Å². The van der Waals surface area contributed by atoms with Crippen molar-refractivity contribution in [2.24, 2.45) is 5.92 Å². The maximum Gasteiger partial charge on any atom is 0.133 e. The van der Waals surface area contributed by atoms with E-state index in [1.165, 1.54) is 37.4 Å². The third-order valence-corrected chi connectivity index (χ3v) is 2.54. The number of nitriles is 1. The van der Waals surface area contributed by atoms with Crippen LogP contribution in [-0.4, -0.2) is 5.75 Å². The molecular weight excluding hydrogens is 154 g/mol. The maximum absolute atomic E-state index is 8.36. The van der Waals surface area contributed by atoms with Crippen molar-refractivity contribution in [1.82, 2.24) is 0 Å². The SMILES string of the molecule is CCCC(CCC)CSC#N. The number of rotatable bonds is 6. The van der Waals surface area contributed by atoms with Gasteiger partial charge in [-0.25, -0.2) is 0 Å². The van der Waals surface area contributed by atoms with Crippen molar-refractivity contribution < 1.29 is 0 Å². The lowest BCUT2D eigenvalue weighted by Gasteiger charge is -2.11. The van der Waals surface area contributed by atoms with Gasteiger partial charge in [-0.1, -0.05) is 26.7 Å². The van der Waals surface area contributed by atoms with E-state index in [9.17, 15) is 0 Å². The standard InChI is InChI=1S/C9H17NS/c1-3-5-9(6-4-2)7-11-8-10/h9H,3-7H2,1-2H3. The van der Waals surface area contributed by atoms with Gasteiger partial charge in [-0.15, -0.1) is 0 Å². The molecule has 0 saturated heterocycles. The average molecular weight is 171 g/mol. The lowest BCUT2D eigenvalue weighted by Crippen LogP contribution is -2.02. The topological polar surface area (TPSA) is 23.8 Å². The largest absolute Gasteiger partial charge is 0.185 e. The maximum atomic E-state index is 8.36. The Morgan fingerprint density at radius 3 is 2.18 bits per heavy atom. The minimum atomic E-state index is 0.773. The molecular formula is C9H17NS. The minimum Gasteiger partial charge on any atom is -0.185 e. The molecule has 0 saturated carbocycles. The molecule has 0 amide bonds. The number of thiocyanates is 1. The monoisotopic (exact) mass is 171 g/mol. The average Bonchev–Trinajstić information content (AvgIpc) is 2.01. The van der Waals surface area contributed by atoms with Crippen LogP contribution in [0, 0.1) is 16.6 Å².